The van der Waals surface area contributed by atoms with Crippen LogP contribution in [0.4, 0.5) is 0 Å². The van der Waals surface area contributed by atoms with E-state index in [1.165, 1.54) is 5.56 Å². The molecular formula is C23H28N4O3S. The molecule has 1 N–H and O–H groups in total. The topological polar surface area (TPSA) is 80.5 Å². The minimum Gasteiger partial charge on any atom is -0.491 e. The minimum atomic E-state index is -0.0616. The van der Waals surface area contributed by atoms with E-state index in [-0.39, 0.29) is 17.9 Å². The summed E-state index contributed by atoms with van der Waals surface area (Å²) in [5, 5.41) is 9.16. The van der Waals surface area contributed by atoms with Gasteiger partial charge in [0.15, 0.2) is 0 Å². The molecule has 0 radical (unpaired) electrons. The molecule has 8 heteroatoms. The van der Waals surface area contributed by atoms with Crippen molar-refractivity contribution in [1.82, 2.24) is 20.4 Å². The van der Waals surface area contributed by atoms with E-state index in [4.69, 9.17) is 9.26 Å². The van der Waals surface area contributed by atoms with Crippen LogP contribution < -0.4 is 10.1 Å². The summed E-state index contributed by atoms with van der Waals surface area (Å²) in [6, 6.07) is 11.8. The lowest BCUT2D eigenvalue weighted by Crippen LogP contribution is -2.46. The van der Waals surface area contributed by atoms with Crippen LogP contribution in [0.5, 0.6) is 5.75 Å². The first-order valence-corrected chi connectivity index (χ1v) is 11.5. The summed E-state index contributed by atoms with van der Waals surface area (Å²) in [4.78, 5) is 20.5. The average Bonchev–Trinajstić information content (AvgIpc) is 3.45. The Bertz CT molecular complexity index is 971. The smallest absolute Gasteiger partial charge is 0.241 e. The fraction of sp³-hybridized carbons (Fsp3) is 0.435. The van der Waals surface area contributed by atoms with Crippen LogP contribution >= 0.6 is 11.3 Å². The van der Waals surface area contributed by atoms with Gasteiger partial charge in [-0.1, -0.05) is 28.9 Å². The normalized spacial score (nSPS) is 17.9. The molecule has 1 amide bonds. The third-order valence-corrected chi connectivity index (χ3v) is 6.22. The number of amides is 1. The van der Waals surface area contributed by atoms with E-state index in [1.54, 1.807) is 11.3 Å². The Kier molecular flexibility index (Phi) is 6.99. The summed E-state index contributed by atoms with van der Waals surface area (Å²) in [5.41, 5.74) is 1.19. The average molecular weight is 441 g/mol. The molecule has 2 atom stereocenters. The van der Waals surface area contributed by atoms with E-state index in [1.807, 2.05) is 55.6 Å². The second-order valence-electron chi connectivity index (χ2n) is 8.10. The number of carbonyl (C=O) groups excluding carboxylic acids is 1. The van der Waals surface area contributed by atoms with E-state index < -0.39 is 0 Å². The number of likely N-dealkylation sites (tertiary alicyclic amines) is 1. The van der Waals surface area contributed by atoms with Gasteiger partial charge in [0, 0.05) is 6.54 Å². The Balaban J connectivity index is 1.24. The second kappa shape index (κ2) is 10.1. The summed E-state index contributed by atoms with van der Waals surface area (Å²) in [6.07, 6.45) is 1.86. The molecule has 0 aliphatic carbocycles. The number of hydrogen-bond acceptors (Lipinski definition) is 7. The Morgan fingerprint density at radius 1 is 1.35 bits per heavy atom. The highest BCUT2D eigenvalue weighted by Gasteiger charge is 2.27. The molecule has 2 aromatic heterocycles. The number of aryl methyl sites for hydroxylation is 1. The lowest BCUT2D eigenvalue weighted by Gasteiger charge is -2.31. The molecule has 0 spiro atoms. The quantitative estimate of drug-likeness (QED) is 0.572. The molecule has 1 aliphatic rings. The molecule has 1 saturated heterocycles. The van der Waals surface area contributed by atoms with Crippen molar-refractivity contribution in [1.29, 1.82) is 0 Å². The Labute approximate surface area is 186 Å². The van der Waals surface area contributed by atoms with Gasteiger partial charge in [-0.25, -0.2) is 0 Å². The molecule has 2 unspecified atom stereocenters. The van der Waals surface area contributed by atoms with Crippen LogP contribution in [-0.4, -0.2) is 46.7 Å². The number of piperidine rings is 1. The van der Waals surface area contributed by atoms with Gasteiger partial charge >= 0.3 is 0 Å². The first-order chi connectivity index (χ1) is 15.1. The maximum atomic E-state index is 12.8. The summed E-state index contributed by atoms with van der Waals surface area (Å²) in [5.74, 6) is 2.06. The van der Waals surface area contributed by atoms with Gasteiger partial charge in [0.25, 0.3) is 0 Å². The number of benzene rings is 1. The van der Waals surface area contributed by atoms with Crippen LogP contribution in [-0.2, 0) is 11.3 Å². The molecule has 7 nitrogen and oxygen atoms in total. The van der Waals surface area contributed by atoms with Crippen LogP contribution in [0.2, 0.25) is 0 Å². The molecule has 1 fully saturated rings. The molecule has 0 bridgehead atoms. The second-order valence-corrected chi connectivity index (χ2v) is 9.04. The maximum Gasteiger partial charge on any atom is 0.241 e. The third-order valence-electron chi connectivity index (χ3n) is 5.35. The van der Waals surface area contributed by atoms with Gasteiger partial charge in [0.2, 0.25) is 17.6 Å². The molecule has 164 valence electrons. The highest BCUT2D eigenvalue weighted by molar-refractivity contribution is 7.13. The van der Waals surface area contributed by atoms with E-state index in [2.05, 4.69) is 20.4 Å². The molecule has 3 heterocycles. The van der Waals surface area contributed by atoms with Crippen molar-refractivity contribution in [3.05, 3.63) is 53.2 Å². The Morgan fingerprint density at radius 3 is 2.97 bits per heavy atom. The zero-order valence-corrected chi connectivity index (χ0v) is 18.7. The standard InChI is InChI=1S/C23H28N4O3S/c1-16-7-9-19(10-8-16)29-15-17(2)24-23(28)18-5-3-11-27(13-18)14-21-25-22(26-30-21)20-6-4-12-31-20/h4,6-10,12,17-18H,3,5,11,13-15H2,1-2H3,(H,24,28). The number of ether oxygens (including phenoxy) is 1. The number of carbonyl (C=O) groups is 1. The van der Waals surface area contributed by atoms with Crippen molar-refractivity contribution in [3.63, 3.8) is 0 Å². The van der Waals surface area contributed by atoms with Crippen LogP contribution in [0.3, 0.4) is 0 Å². The minimum absolute atomic E-state index is 0.0461. The molecule has 1 aromatic carbocycles. The largest absolute Gasteiger partial charge is 0.491 e. The van der Waals surface area contributed by atoms with Gasteiger partial charge in [-0.05, 0) is 56.8 Å². The van der Waals surface area contributed by atoms with E-state index >= 15 is 0 Å². The first kappa shape index (κ1) is 21.5. The first-order valence-electron chi connectivity index (χ1n) is 10.7. The van der Waals surface area contributed by atoms with Crippen molar-refractivity contribution in [3.8, 4) is 16.5 Å². The lowest BCUT2D eigenvalue weighted by molar-refractivity contribution is -0.127. The van der Waals surface area contributed by atoms with Gasteiger partial charge < -0.3 is 14.6 Å². The van der Waals surface area contributed by atoms with Gasteiger partial charge in [0.1, 0.15) is 12.4 Å². The number of aromatic nitrogens is 2. The van der Waals surface area contributed by atoms with Crippen LogP contribution in [0, 0.1) is 12.8 Å². The van der Waals surface area contributed by atoms with Crippen molar-refractivity contribution >= 4 is 17.2 Å². The van der Waals surface area contributed by atoms with Gasteiger partial charge in [-0.15, -0.1) is 11.3 Å². The van der Waals surface area contributed by atoms with Crippen molar-refractivity contribution < 1.29 is 14.1 Å². The van der Waals surface area contributed by atoms with Crippen molar-refractivity contribution in [2.45, 2.75) is 39.3 Å². The maximum absolute atomic E-state index is 12.8. The fourth-order valence-electron chi connectivity index (χ4n) is 3.69. The molecule has 3 aromatic rings. The number of nitrogens with zero attached hydrogens (tertiary/aromatic N) is 3. The SMILES string of the molecule is Cc1ccc(OCC(C)NC(=O)C2CCCN(Cc3nc(-c4cccs4)no3)C2)cc1. The predicted molar refractivity (Wildman–Crippen MR) is 120 cm³/mol. The van der Waals surface area contributed by atoms with Crippen LogP contribution in [0.1, 0.15) is 31.2 Å². The fourth-order valence-corrected chi connectivity index (χ4v) is 4.34. The van der Waals surface area contributed by atoms with E-state index in [0.717, 1.165) is 30.0 Å². The Hall–Kier alpha value is -2.71. The van der Waals surface area contributed by atoms with Crippen molar-refractivity contribution in [2.24, 2.45) is 5.92 Å². The number of rotatable bonds is 8. The summed E-state index contributed by atoms with van der Waals surface area (Å²) >= 11 is 1.59. The van der Waals surface area contributed by atoms with Crippen LogP contribution in [0.25, 0.3) is 10.7 Å². The molecular weight excluding hydrogens is 412 g/mol. The van der Waals surface area contributed by atoms with Crippen molar-refractivity contribution in [2.75, 3.05) is 19.7 Å². The van der Waals surface area contributed by atoms with E-state index in [0.29, 0.717) is 31.4 Å². The molecule has 4 rings (SSSR count). The van der Waals surface area contributed by atoms with Gasteiger partial charge in [-0.3, -0.25) is 9.69 Å². The highest BCUT2D eigenvalue weighted by atomic mass is 32.1. The molecule has 1 aliphatic heterocycles. The monoisotopic (exact) mass is 440 g/mol. The summed E-state index contributed by atoms with van der Waals surface area (Å²) in [6.45, 7) is 6.63. The van der Waals surface area contributed by atoms with E-state index in [9.17, 15) is 4.79 Å². The van der Waals surface area contributed by atoms with Crippen LogP contribution in [0.15, 0.2) is 46.3 Å². The predicted octanol–water partition coefficient (Wildman–Crippen LogP) is 3.90. The lowest BCUT2D eigenvalue weighted by atomic mass is 9.97. The third kappa shape index (κ3) is 5.92. The summed E-state index contributed by atoms with van der Waals surface area (Å²) < 4.78 is 11.2. The number of thiophene rings is 1. The Morgan fingerprint density at radius 2 is 2.19 bits per heavy atom. The zero-order chi connectivity index (χ0) is 21.6. The number of nitrogens with one attached hydrogen (secondary N) is 1. The van der Waals surface area contributed by atoms with Gasteiger partial charge in [-0.2, -0.15) is 4.98 Å². The number of hydrogen-bond donors (Lipinski definition) is 1. The molecule has 31 heavy (non-hydrogen) atoms. The van der Waals surface area contributed by atoms with Gasteiger partial charge in [0.05, 0.1) is 23.4 Å². The zero-order valence-electron chi connectivity index (χ0n) is 17.9. The molecule has 0 saturated carbocycles. The summed E-state index contributed by atoms with van der Waals surface area (Å²) in [7, 11) is 0. The highest BCUT2D eigenvalue weighted by Crippen LogP contribution is 2.23.